The third-order valence-corrected chi connectivity index (χ3v) is 4.02. The van der Waals surface area contributed by atoms with Crippen LogP contribution >= 0.6 is 15.9 Å². The molecule has 6 heteroatoms. The summed E-state index contributed by atoms with van der Waals surface area (Å²) in [5.74, 6) is 0. The van der Waals surface area contributed by atoms with Crippen molar-refractivity contribution >= 4 is 32.7 Å². The van der Waals surface area contributed by atoms with Crippen LogP contribution in [0.5, 0.6) is 0 Å². The molecule has 1 atom stereocenters. The molecule has 0 aliphatic carbocycles. The van der Waals surface area contributed by atoms with Gasteiger partial charge in [0.1, 0.15) is 5.52 Å². The Morgan fingerprint density at radius 2 is 2.19 bits per heavy atom. The Morgan fingerprint density at radius 1 is 1.38 bits per heavy atom. The van der Waals surface area contributed by atoms with E-state index < -0.39 is 0 Å². The number of aromatic nitrogens is 2. The predicted octanol–water partition coefficient (Wildman–Crippen LogP) is 2.52. The van der Waals surface area contributed by atoms with E-state index >= 15 is 0 Å². The van der Waals surface area contributed by atoms with Crippen molar-refractivity contribution in [3.8, 4) is 0 Å². The Bertz CT molecular complexity index is 616. The molecule has 1 N–H and O–H groups in total. The zero-order valence-corrected chi connectivity index (χ0v) is 13.6. The summed E-state index contributed by atoms with van der Waals surface area (Å²) in [6.45, 7) is 6.88. The van der Waals surface area contributed by atoms with Crippen LogP contribution in [0.15, 0.2) is 29.0 Å². The van der Waals surface area contributed by atoms with E-state index in [1.54, 1.807) is 0 Å². The van der Waals surface area contributed by atoms with Gasteiger partial charge in [-0.3, -0.25) is 14.9 Å². The minimum Gasteiger partial charge on any atom is -0.379 e. The number of morpholine rings is 1. The maximum Gasteiger partial charge on any atom is 0.112 e. The number of hydrogen-bond acceptors (Lipinski definition) is 5. The number of fused-ring (bicyclic) bond motifs is 1. The second-order valence-corrected chi connectivity index (χ2v) is 6.25. The maximum absolute atomic E-state index is 5.38. The van der Waals surface area contributed by atoms with Crippen molar-refractivity contribution in [3.05, 3.63) is 29.0 Å². The zero-order valence-electron chi connectivity index (χ0n) is 12.1. The van der Waals surface area contributed by atoms with Gasteiger partial charge in [-0.2, -0.15) is 0 Å². The van der Waals surface area contributed by atoms with Crippen molar-refractivity contribution in [1.29, 1.82) is 0 Å². The van der Waals surface area contributed by atoms with Crippen LogP contribution in [-0.4, -0.2) is 53.8 Å². The molecule has 1 fully saturated rings. The largest absolute Gasteiger partial charge is 0.379 e. The lowest BCUT2D eigenvalue weighted by molar-refractivity contribution is 0.0368. The van der Waals surface area contributed by atoms with E-state index in [1.807, 2.05) is 24.5 Å². The third kappa shape index (κ3) is 3.70. The lowest BCUT2D eigenvalue weighted by Crippen LogP contribution is -2.42. The smallest absolute Gasteiger partial charge is 0.112 e. The average molecular weight is 351 g/mol. The SMILES string of the molecule is CC(CN1CCOCC1)Nc1ccnc2cc(Br)cnc12. The highest BCUT2D eigenvalue weighted by Gasteiger charge is 2.14. The standard InChI is InChI=1S/C15H19BrN4O/c1-11(10-20-4-6-21-7-5-20)19-13-2-3-17-14-8-12(16)9-18-15(13)14/h2-3,8-9,11H,4-7,10H2,1H3,(H,17,19). The van der Waals surface area contributed by atoms with Gasteiger partial charge in [0.05, 0.1) is 24.4 Å². The number of nitrogens with zero attached hydrogens (tertiary/aromatic N) is 3. The molecule has 3 heterocycles. The first kappa shape index (κ1) is 14.7. The van der Waals surface area contributed by atoms with Gasteiger partial charge in [-0.15, -0.1) is 0 Å². The Hall–Kier alpha value is -1.24. The molecule has 0 radical (unpaired) electrons. The van der Waals surface area contributed by atoms with E-state index in [9.17, 15) is 0 Å². The summed E-state index contributed by atoms with van der Waals surface area (Å²) in [4.78, 5) is 11.3. The minimum atomic E-state index is 0.346. The van der Waals surface area contributed by atoms with Crippen molar-refractivity contribution < 1.29 is 4.74 Å². The summed E-state index contributed by atoms with van der Waals surface area (Å²) >= 11 is 3.43. The van der Waals surface area contributed by atoms with Gasteiger partial charge in [0.15, 0.2) is 0 Å². The molecule has 1 aliphatic heterocycles. The first-order chi connectivity index (χ1) is 10.2. The van der Waals surface area contributed by atoms with Crippen LogP contribution in [0, 0.1) is 0 Å². The lowest BCUT2D eigenvalue weighted by atomic mass is 10.2. The minimum absolute atomic E-state index is 0.346. The molecule has 0 spiro atoms. The summed E-state index contributed by atoms with van der Waals surface area (Å²) in [6, 6.07) is 4.32. The molecule has 1 unspecified atom stereocenters. The molecule has 2 aromatic rings. The predicted molar refractivity (Wildman–Crippen MR) is 87.6 cm³/mol. The fourth-order valence-corrected chi connectivity index (χ4v) is 2.92. The van der Waals surface area contributed by atoms with Crippen LogP contribution < -0.4 is 5.32 Å². The monoisotopic (exact) mass is 350 g/mol. The second kappa shape index (κ2) is 6.68. The van der Waals surface area contributed by atoms with Crippen LogP contribution in [0.3, 0.4) is 0 Å². The number of nitrogens with one attached hydrogen (secondary N) is 1. The van der Waals surface area contributed by atoms with Gasteiger partial charge in [0.2, 0.25) is 0 Å². The molecule has 0 bridgehead atoms. The summed E-state index contributed by atoms with van der Waals surface area (Å²) < 4.78 is 6.33. The van der Waals surface area contributed by atoms with Crippen LogP contribution in [-0.2, 0) is 4.74 Å². The quantitative estimate of drug-likeness (QED) is 0.918. The summed E-state index contributed by atoms with van der Waals surface area (Å²) in [6.07, 6.45) is 3.63. The fourth-order valence-electron chi connectivity index (χ4n) is 2.60. The summed E-state index contributed by atoms with van der Waals surface area (Å²) in [5.41, 5.74) is 2.84. The highest BCUT2D eigenvalue weighted by molar-refractivity contribution is 9.10. The lowest BCUT2D eigenvalue weighted by Gasteiger charge is -2.29. The Balaban J connectivity index is 1.71. The van der Waals surface area contributed by atoms with E-state index in [1.165, 1.54) is 0 Å². The van der Waals surface area contributed by atoms with Crippen molar-refractivity contribution in [2.45, 2.75) is 13.0 Å². The molecule has 1 aliphatic rings. The van der Waals surface area contributed by atoms with Gasteiger partial charge in [0, 0.05) is 42.5 Å². The highest BCUT2D eigenvalue weighted by Crippen LogP contribution is 2.22. The first-order valence-corrected chi connectivity index (χ1v) is 7.98. The molecule has 0 saturated carbocycles. The van der Waals surface area contributed by atoms with Crippen molar-refractivity contribution in [1.82, 2.24) is 14.9 Å². The van der Waals surface area contributed by atoms with E-state index in [0.29, 0.717) is 6.04 Å². The van der Waals surface area contributed by atoms with Crippen LogP contribution in [0.25, 0.3) is 11.0 Å². The Labute approximate surface area is 132 Å². The van der Waals surface area contributed by atoms with Gasteiger partial charge in [-0.05, 0) is 35.0 Å². The van der Waals surface area contributed by atoms with E-state index in [-0.39, 0.29) is 0 Å². The van der Waals surface area contributed by atoms with Crippen LogP contribution in [0.4, 0.5) is 5.69 Å². The van der Waals surface area contributed by atoms with Gasteiger partial charge in [-0.25, -0.2) is 0 Å². The topological polar surface area (TPSA) is 50.3 Å². The highest BCUT2D eigenvalue weighted by atomic mass is 79.9. The van der Waals surface area contributed by atoms with E-state index in [4.69, 9.17) is 4.74 Å². The third-order valence-electron chi connectivity index (χ3n) is 3.58. The zero-order chi connectivity index (χ0) is 14.7. The number of rotatable bonds is 4. The first-order valence-electron chi connectivity index (χ1n) is 7.19. The van der Waals surface area contributed by atoms with Crippen LogP contribution in [0.2, 0.25) is 0 Å². The summed E-state index contributed by atoms with van der Waals surface area (Å²) in [7, 11) is 0. The maximum atomic E-state index is 5.38. The van der Waals surface area contributed by atoms with Crippen molar-refractivity contribution in [3.63, 3.8) is 0 Å². The molecular formula is C15H19BrN4O. The van der Waals surface area contributed by atoms with E-state index in [2.05, 4.69) is 43.0 Å². The molecule has 0 amide bonds. The van der Waals surface area contributed by atoms with Gasteiger partial charge >= 0.3 is 0 Å². The van der Waals surface area contributed by atoms with Crippen LogP contribution in [0.1, 0.15) is 6.92 Å². The Kier molecular flexibility index (Phi) is 4.67. The number of halogens is 1. The van der Waals surface area contributed by atoms with Crippen molar-refractivity contribution in [2.24, 2.45) is 0 Å². The molecule has 1 saturated heterocycles. The fraction of sp³-hybridized carbons (Fsp3) is 0.467. The molecular weight excluding hydrogens is 332 g/mol. The van der Waals surface area contributed by atoms with Gasteiger partial charge < -0.3 is 10.1 Å². The molecule has 0 aromatic carbocycles. The van der Waals surface area contributed by atoms with Crippen molar-refractivity contribution in [2.75, 3.05) is 38.2 Å². The van der Waals surface area contributed by atoms with E-state index in [0.717, 1.165) is 54.0 Å². The molecule has 5 nitrogen and oxygen atoms in total. The number of pyridine rings is 2. The summed E-state index contributed by atoms with van der Waals surface area (Å²) in [5, 5.41) is 3.55. The second-order valence-electron chi connectivity index (χ2n) is 5.34. The normalized spacial score (nSPS) is 17.8. The molecule has 112 valence electrons. The molecule has 3 rings (SSSR count). The number of hydrogen-bond donors (Lipinski definition) is 1. The number of ether oxygens (including phenoxy) is 1. The molecule has 21 heavy (non-hydrogen) atoms. The van der Waals surface area contributed by atoms with Gasteiger partial charge in [-0.1, -0.05) is 0 Å². The molecule has 2 aromatic heterocycles. The average Bonchev–Trinajstić information content (AvgIpc) is 2.48. The Morgan fingerprint density at radius 3 is 3.00 bits per heavy atom. The number of anilines is 1. The van der Waals surface area contributed by atoms with Gasteiger partial charge in [0.25, 0.3) is 0 Å².